The number of benzene rings is 1. The summed E-state index contributed by atoms with van der Waals surface area (Å²) < 4.78 is 41.2. The van der Waals surface area contributed by atoms with Crippen LogP contribution in [0, 0.1) is 13.8 Å². The monoisotopic (exact) mass is 419 g/mol. The molecule has 1 amide bonds. The molecular weight excluding hydrogens is 402 g/mol. The highest BCUT2D eigenvalue weighted by atomic mass is 32.2. The molecule has 0 aliphatic heterocycles. The lowest BCUT2D eigenvalue weighted by Crippen LogP contribution is -2.18. The van der Waals surface area contributed by atoms with Crippen molar-refractivity contribution in [1.82, 2.24) is 13.7 Å². The third-order valence-corrected chi connectivity index (χ3v) is 5.69. The maximum Gasteiger partial charge on any atom is 0.277 e. The highest BCUT2D eigenvalue weighted by Crippen LogP contribution is 2.29. The molecule has 3 rings (SSSR count). The molecule has 11 heteroatoms. The first-order chi connectivity index (χ1) is 13.3. The fourth-order valence-corrected chi connectivity index (χ4v) is 4.23. The molecule has 28 heavy (non-hydrogen) atoms. The quantitative estimate of drug-likeness (QED) is 0.629. The highest BCUT2D eigenvalue weighted by molar-refractivity contribution is 7.92. The van der Waals surface area contributed by atoms with Crippen molar-refractivity contribution in [3.8, 4) is 5.88 Å². The van der Waals surface area contributed by atoms with Crippen LogP contribution in [0.25, 0.3) is 0 Å². The number of hydrogen-bond acceptors (Lipinski definition) is 8. The fraction of sp³-hybridized carbons (Fsp3) is 0.176. The molecule has 2 heterocycles. The van der Waals surface area contributed by atoms with Gasteiger partial charge < -0.3 is 10.1 Å². The number of carbonyl (C=O) groups excluding carboxylic acids is 1. The number of para-hydroxylation sites is 1. The van der Waals surface area contributed by atoms with Crippen LogP contribution in [0.1, 0.15) is 21.6 Å². The van der Waals surface area contributed by atoms with Crippen molar-refractivity contribution in [2.75, 3.05) is 17.1 Å². The molecule has 0 fully saturated rings. The maximum atomic E-state index is 13.0. The molecule has 0 saturated carbocycles. The third kappa shape index (κ3) is 4.10. The minimum Gasteiger partial charge on any atom is -0.480 e. The van der Waals surface area contributed by atoms with Crippen LogP contribution in [-0.2, 0) is 10.0 Å². The first kappa shape index (κ1) is 19.7. The van der Waals surface area contributed by atoms with Gasteiger partial charge in [-0.25, -0.2) is 13.4 Å². The van der Waals surface area contributed by atoms with Crippen LogP contribution in [-0.4, -0.2) is 35.2 Å². The Balaban J connectivity index is 1.96. The van der Waals surface area contributed by atoms with Crippen LogP contribution in [0.4, 0.5) is 11.4 Å². The number of sulfonamides is 1. The first-order valence-corrected chi connectivity index (χ1v) is 10.2. The van der Waals surface area contributed by atoms with Crippen LogP contribution in [0.3, 0.4) is 0 Å². The van der Waals surface area contributed by atoms with Gasteiger partial charge in [0, 0.05) is 0 Å². The lowest BCUT2D eigenvalue weighted by Gasteiger charge is -2.15. The Morgan fingerprint density at radius 2 is 1.89 bits per heavy atom. The van der Waals surface area contributed by atoms with E-state index in [-0.39, 0.29) is 22.2 Å². The number of anilines is 2. The van der Waals surface area contributed by atoms with Crippen molar-refractivity contribution in [3.05, 3.63) is 53.5 Å². The zero-order chi connectivity index (χ0) is 20.3. The summed E-state index contributed by atoms with van der Waals surface area (Å²) in [4.78, 5) is 15.9. The molecule has 3 aromatic rings. The number of methoxy groups -OCH3 is 1. The van der Waals surface area contributed by atoms with E-state index in [1.165, 1.54) is 25.6 Å². The minimum absolute atomic E-state index is 0.0907. The van der Waals surface area contributed by atoms with Gasteiger partial charge in [0.1, 0.15) is 0 Å². The second kappa shape index (κ2) is 7.90. The average molecular weight is 419 g/mol. The van der Waals surface area contributed by atoms with Gasteiger partial charge in [0.2, 0.25) is 5.88 Å². The summed E-state index contributed by atoms with van der Waals surface area (Å²) in [5, 5.41) is 2.55. The van der Waals surface area contributed by atoms with E-state index in [1.54, 1.807) is 26.0 Å². The summed E-state index contributed by atoms with van der Waals surface area (Å²) in [6.07, 6.45) is 2.62. The lowest BCUT2D eigenvalue weighted by atomic mass is 10.1. The van der Waals surface area contributed by atoms with Gasteiger partial charge in [-0.3, -0.25) is 9.52 Å². The van der Waals surface area contributed by atoms with Gasteiger partial charge in [0.05, 0.1) is 42.6 Å². The van der Waals surface area contributed by atoms with Crippen LogP contribution in [0.5, 0.6) is 5.88 Å². The van der Waals surface area contributed by atoms with Gasteiger partial charge in [-0.15, -0.1) is 0 Å². The van der Waals surface area contributed by atoms with Gasteiger partial charge in [-0.2, -0.15) is 8.75 Å². The fourth-order valence-electron chi connectivity index (χ4n) is 2.47. The molecule has 2 aromatic heterocycles. The van der Waals surface area contributed by atoms with E-state index >= 15 is 0 Å². The summed E-state index contributed by atoms with van der Waals surface area (Å²) in [6.45, 7) is 3.61. The molecule has 0 bridgehead atoms. The standard InChI is InChI=1S/C17H17N5O4S2/c1-10-5-4-6-11(2)15(10)22-28(24,25)14-7-12(8-18-17(14)26-3)20-16(23)13-9-19-27-21-13/h4-9,22H,1-3H3,(H,20,23). The van der Waals surface area contributed by atoms with Crippen molar-refractivity contribution < 1.29 is 17.9 Å². The maximum absolute atomic E-state index is 13.0. The van der Waals surface area contributed by atoms with Crippen LogP contribution < -0.4 is 14.8 Å². The van der Waals surface area contributed by atoms with Crippen LogP contribution in [0.2, 0.25) is 0 Å². The molecule has 9 nitrogen and oxygen atoms in total. The molecule has 0 radical (unpaired) electrons. The Labute approximate surface area is 166 Å². The van der Waals surface area contributed by atoms with E-state index in [9.17, 15) is 13.2 Å². The number of nitrogens with one attached hydrogen (secondary N) is 2. The molecule has 0 aliphatic carbocycles. The summed E-state index contributed by atoms with van der Waals surface area (Å²) in [5.74, 6) is -0.612. The number of aromatic nitrogens is 3. The van der Waals surface area contributed by atoms with Crippen molar-refractivity contribution in [1.29, 1.82) is 0 Å². The summed E-state index contributed by atoms with van der Waals surface area (Å²) in [7, 11) is -2.71. The number of amides is 1. The van der Waals surface area contributed by atoms with E-state index in [4.69, 9.17) is 4.74 Å². The second-order valence-corrected chi connectivity index (χ2v) is 8.06. The average Bonchev–Trinajstić information content (AvgIpc) is 3.20. The molecule has 146 valence electrons. The Morgan fingerprint density at radius 1 is 1.18 bits per heavy atom. The number of carbonyl (C=O) groups is 1. The number of hydrogen-bond donors (Lipinski definition) is 2. The molecule has 0 spiro atoms. The summed E-state index contributed by atoms with van der Waals surface area (Å²) in [6, 6.07) is 6.73. The van der Waals surface area contributed by atoms with Crippen molar-refractivity contribution in [2.24, 2.45) is 0 Å². The Hall–Kier alpha value is -3.05. The third-order valence-electron chi connectivity index (χ3n) is 3.87. The molecule has 2 N–H and O–H groups in total. The smallest absolute Gasteiger partial charge is 0.277 e. The van der Waals surface area contributed by atoms with E-state index in [1.807, 2.05) is 6.07 Å². The lowest BCUT2D eigenvalue weighted by molar-refractivity contribution is 0.102. The second-order valence-electron chi connectivity index (χ2n) is 5.85. The van der Waals surface area contributed by atoms with Gasteiger partial charge in [0.15, 0.2) is 10.6 Å². The van der Waals surface area contributed by atoms with E-state index < -0.39 is 15.9 Å². The molecule has 0 atom stereocenters. The van der Waals surface area contributed by atoms with Crippen LogP contribution >= 0.6 is 11.7 Å². The zero-order valence-electron chi connectivity index (χ0n) is 15.3. The normalized spacial score (nSPS) is 11.1. The van der Waals surface area contributed by atoms with Gasteiger partial charge in [0.25, 0.3) is 15.9 Å². The number of aryl methyl sites for hydroxylation is 2. The molecule has 0 aliphatic rings. The number of nitrogens with zero attached hydrogens (tertiary/aromatic N) is 3. The minimum atomic E-state index is -4.03. The summed E-state index contributed by atoms with van der Waals surface area (Å²) in [5.41, 5.74) is 2.33. The largest absolute Gasteiger partial charge is 0.480 e. The van der Waals surface area contributed by atoms with Gasteiger partial charge in [-0.1, -0.05) is 18.2 Å². The molecule has 0 saturated heterocycles. The zero-order valence-corrected chi connectivity index (χ0v) is 16.9. The molecular formula is C17H17N5O4S2. The SMILES string of the molecule is COc1ncc(NC(=O)c2cnsn2)cc1S(=O)(=O)Nc1c(C)cccc1C. The predicted molar refractivity (Wildman–Crippen MR) is 105 cm³/mol. The van der Waals surface area contributed by atoms with E-state index in [0.717, 1.165) is 22.9 Å². The first-order valence-electron chi connectivity index (χ1n) is 8.04. The summed E-state index contributed by atoms with van der Waals surface area (Å²) >= 11 is 0.894. The van der Waals surface area contributed by atoms with Crippen molar-refractivity contribution >= 4 is 39.0 Å². The highest BCUT2D eigenvalue weighted by Gasteiger charge is 2.23. The van der Waals surface area contributed by atoms with Crippen molar-refractivity contribution in [2.45, 2.75) is 18.7 Å². The van der Waals surface area contributed by atoms with E-state index in [2.05, 4.69) is 23.8 Å². The van der Waals surface area contributed by atoms with E-state index in [0.29, 0.717) is 5.69 Å². The van der Waals surface area contributed by atoms with Gasteiger partial charge in [-0.05, 0) is 31.0 Å². The van der Waals surface area contributed by atoms with Crippen LogP contribution in [0.15, 0.2) is 41.6 Å². The number of rotatable bonds is 6. The topological polar surface area (TPSA) is 123 Å². The Bertz CT molecular complexity index is 1090. The van der Waals surface area contributed by atoms with Gasteiger partial charge >= 0.3 is 0 Å². The Morgan fingerprint density at radius 3 is 2.50 bits per heavy atom. The van der Waals surface area contributed by atoms with Crippen molar-refractivity contribution in [3.63, 3.8) is 0 Å². The number of ether oxygens (including phenoxy) is 1. The number of pyridine rings is 1. The molecule has 1 aromatic carbocycles. The Kier molecular flexibility index (Phi) is 5.56. The predicted octanol–water partition coefficient (Wildman–Crippen LogP) is 2.61. The molecule has 0 unspecified atom stereocenters.